The molecule has 1 aliphatic rings. The van der Waals surface area contributed by atoms with Gasteiger partial charge in [0.05, 0.1) is 0 Å². The van der Waals surface area contributed by atoms with Crippen molar-refractivity contribution in [3.8, 4) is 0 Å². The molecule has 5 heteroatoms. The van der Waals surface area contributed by atoms with Crippen LogP contribution in [0.25, 0.3) is 0 Å². The summed E-state index contributed by atoms with van der Waals surface area (Å²) < 4.78 is 1.95. The average molecular weight is 268 g/mol. The van der Waals surface area contributed by atoms with Crippen molar-refractivity contribution in [2.75, 3.05) is 11.5 Å². The Morgan fingerprint density at radius 3 is 2.94 bits per heavy atom. The third kappa shape index (κ3) is 4.00. The average Bonchev–Trinajstić information content (AvgIpc) is 2.81. The number of hydrazine groups is 1. The zero-order valence-corrected chi connectivity index (χ0v) is 12.0. The number of nitrogens with one attached hydrogen (secondary N) is 1. The molecule has 1 fully saturated rings. The summed E-state index contributed by atoms with van der Waals surface area (Å²) in [6.07, 6.45) is 7.93. The smallest absolute Gasteiger partial charge is 0.0492 e. The lowest BCUT2D eigenvalue weighted by Gasteiger charge is -2.26. The molecule has 0 radical (unpaired) electrons. The van der Waals surface area contributed by atoms with E-state index in [0.29, 0.717) is 6.04 Å². The molecule has 2 heterocycles. The molecule has 2 rings (SSSR count). The number of aromatic nitrogens is 2. The van der Waals surface area contributed by atoms with E-state index in [1.54, 1.807) is 0 Å². The quantitative estimate of drug-likeness (QED) is 0.609. The minimum atomic E-state index is 0.438. The highest BCUT2D eigenvalue weighted by atomic mass is 32.2. The van der Waals surface area contributed by atoms with Crippen LogP contribution in [0.1, 0.15) is 31.4 Å². The molecule has 1 aromatic heterocycles. The Bertz CT molecular complexity index is 347. The van der Waals surface area contributed by atoms with Gasteiger partial charge in [-0.05, 0) is 55.6 Å². The molecule has 0 amide bonds. The molecule has 0 bridgehead atoms. The fourth-order valence-corrected chi connectivity index (χ4v) is 3.83. The second-order valence-corrected chi connectivity index (χ2v) is 6.36. The Morgan fingerprint density at radius 1 is 1.56 bits per heavy atom. The molecule has 0 saturated carbocycles. The highest BCUT2D eigenvalue weighted by molar-refractivity contribution is 7.99. The molecule has 1 atom stereocenters. The van der Waals surface area contributed by atoms with E-state index in [2.05, 4.69) is 28.4 Å². The van der Waals surface area contributed by atoms with E-state index >= 15 is 0 Å². The van der Waals surface area contributed by atoms with Gasteiger partial charge in [-0.3, -0.25) is 16.0 Å². The van der Waals surface area contributed by atoms with Crippen LogP contribution in [0.3, 0.4) is 0 Å². The summed E-state index contributed by atoms with van der Waals surface area (Å²) in [4.78, 5) is 0. The summed E-state index contributed by atoms with van der Waals surface area (Å²) in [6, 6.07) is 2.53. The van der Waals surface area contributed by atoms with Crippen LogP contribution in [-0.2, 0) is 13.5 Å². The van der Waals surface area contributed by atoms with Gasteiger partial charge in [-0.1, -0.05) is 0 Å². The van der Waals surface area contributed by atoms with Crippen molar-refractivity contribution < 1.29 is 0 Å². The van der Waals surface area contributed by atoms with E-state index in [9.17, 15) is 0 Å². The van der Waals surface area contributed by atoms with Crippen molar-refractivity contribution >= 4 is 11.8 Å². The highest BCUT2D eigenvalue weighted by Crippen LogP contribution is 2.27. The summed E-state index contributed by atoms with van der Waals surface area (Å²) in [5.41, 5.74) is 4.28. The van der Waals surface area contributed by atoms with Gasteiger partial charge in [0.25, 0.3) is 0 Å². The van der Waals surface area contributed by atoms with E-state index < -0.39 is 0 Å². The third-order valence-corrected chi connectivity index (χ3v) is 4.91. The highest BCUT2D eigenvalue weighted by Gasteiger charge is 2.18. The first-order valence-electron chi connectivity index (χ1n) is 6.80. The van der Waals surface area contributed by atoms with Crippen LogP contribution in [0.5, 0.6) is 0 Å². The number of hydrogen-bond donors (Lipinski definition) is 2. The lowest BCUT2D eigenvalue weighted by molar-refractivity contribution is 0.352. The Morgan fingerprint density at radius 2 is 2.33 bits per heavy atom. The Balaban J connectivity index is 1.76. The minimum absolute atomic E-state index is 0.438. The first kappa shape index (κ1) is 13.9. The number of aryl methyl sites for hydroxylation is 2. The van der Waals surface area contributed by atoms with Crippen molar-refractivity contribution in [1.82, 2.24) is 15.2 Å². The Kier molecular flexibility index (Phi) is 5.53. The Hall–Kier alpha value is -0.520. The maximum atomic E-state index is 5.69. The van der Waals surface area contributed by atoms with Gasteiger partial charge in [-0.25, -0.2) is 0 Å². The van der Waals surface area contributed by atoms with Gasteiger partial charge in [0, 0.05) is 25.0 Å². The van der Waals surface area contributed by atoms with E-state index in [1.807, 2.05) is 17.9 Å². The molecule has 0 aliphatic carbocycles. The lowest BCUT2D eigenvalue weighted by Crippen LogP contribution is -2.37. The van der Waals surface area contributed by atoms with Crippen LogP contribution in [0.2, 0.25) is 0 Å². The summed E-state index contributed by atoms with van der Waals surface area (Å²) in [6.45, 7) is 0. The number of thioether (sulfide) groups is 1. The molecule has 1 saturated heterocycles. The molecule has 0 spiro atoms. The van der Waals surface area contributed by atoms with Crippen LogP contribution in [-0.4, -0.2) is 27.3 Å². The van der Waals surface area contributed by atoms with E-state index in [1.165, 1.54) is 36.5 Å². The van der Waals surface area contributed by atoms with Gasteiger partial charge >= 0.3 is 0 Å². The molecular formula is C13H24N4S. The van der Waals surface area contributed by atoms with Gasteiger partial charge in [-0.2, -0.15) is 16.9 Å². The molecule has 102 valence electrons. The zero-order chi connectivity index (χ0) is 12.8. The minimum Gasteiger partial charge on any atom is -0.273 e. The molecule has 0 aromatic carbocycles. The van der Waals surface area contributed by atoms with Crippen LogP contribution >= 0.6 is 11.8 Å². The van der Waals surface area contributed by atoms with Crippen LogP contribution in [0.4, 0.5) is 0 Å². The zero-order valence-electron chi connectivity index (χ0n) is 11.1. The van der Waals surface area contributed by atoms with E-state index in [4.69, 9.17) is 5.84 Å². The van der Waals surface area contributed by atoms with Crippen LogP contribution in [0.15, 0.2) is 12.3 Å². The van der Waals surface area contributed by atoms with Gasteiger partial charge in [0.15, 0.2) is 0 Å². The molecule has 4 nitrogen and oxygen atoms in total. The molecule has 18 heavy (non-hydrogen) atoms. The first-order chi connectivity index (χ1) is 8.79. The number of hydrogen-bond acceptors (Lipinski definition) is 4. The summed E-state index contributed by atoms with van der Waals surface area (Å²) in [5, 5.41) is 4.20. The third-order valence-electron chi connectivity index (χ3n) is 3.87. The first-order valence-corrected chi connectivity index (χ1v) is 7.96. The predicted octanol–water partition coefficient (Wildman–Crippen LogP) is 1.72. The largest absolute Gasteiger partial charge is 0.273 e. The van der Waals surface area contributed by atoms with Crippen molar-refractivity contribution in [2.24, 2.45) is 18.8 Å². The van der Waals surface area contributed by atoms with Crippen molar-refractivity contribution in [1.29, 1.82) is 0 Å². The van der Waals surface area contributed by atoms with Gasteiger partial charge in [0.2, 0.25) is 0 Å². The number of rotatable bonds is 6. The standard InChI is InChI=1S/C13H24N4S/c1-17-13(4-7-15-17)3-2-12(16-14)10-11-5-8-18-9-6-11/h4,7,11-12,16H,2-3,5-6,8-10,14H2,1H3. The molecule has 1 unspecified atom stereocenters. The topological polar surface area (TPSA) is 55.9 Å². The van der Waals surface area contributed by atoms with E-state index in [-0.39, 0.29) is 0 Å². The summed E-state index contributed by atoms with van der Waals surface area (Å²) >= 11 is 2.08. The SMILES string of the molecule is Cn1nccc1CCC(CC1CCSCC1)NN. The summed E-state index contributed by atoms with van der Waals surface area (Å²) in [5.74, 6) is 9.20. The Labute approximate surface area is 114 Å². The van der Waals surface area contributed by atoms with Crippen molar-refractivity contribution in [3.63, 3.8) is 0 Å². The van der Waals surface area contributed by atoms with Gasteiger partial charge in [-0.15, -0.1) is 0 Å². The lowest BCUT2D eigenvalue weighted by atomic mass is 9.92. The second kappa shape index (κ2) is 7.16. The van der Waals surface area contributed by atoms with Gasteiger partial charge in [0.1, 0.15) is 0 Å². The number of nitrogens with zero attached hydrogens (tertiary/aromatic N) is 2. The van der Waals surface area contributed by atoms with Crippen LogP contribution in [0, 0.1) is 5.92 Å². The van der Waals surface area contributed by atoms with Crippen molar-refractivity contribution in [2.45, 2.75) is 38.1 Å². The second-order valence-electron chi connectivity index (χ2n) is 5.14. The maximum absolute atomic E-state index is 5.69. The molecule has 3 N–H and O–H groups in total. The van der Waals surface area contributed by atoms with Gasteiger partial charge < -0.3 is 0 Å². The van der Waals surface area contributed by atoms with Crippen molar-refractivity contribution in [3.05, 3.63) is 18.0 Å². The molecular weight excluding hydrogens is 244 g/mol. The normalized spacial score (nSPS) is 19.0. The van der Waals surface area contributed by atoms with Crippen LogP contribution < -0.4 is 11.3 Å². The summed E-state index contributed by atoms with van der Waals surface area (Å²) in [7, 11) is 2.00. The number of nitrogens with two attached hydrogens (primary N) is 1. The van der Waals surface area contributed by atoms with E-state index in [0.717, 1.165) is 18.8 Å². The fraction of sp³-hybridized carbons (Fsp3) is 0.769. The molecule has 1 aliphatic heterocycles. The maximum Gasteiger partial charge on any atom is 0.0492 e. The monoisotopic (exact) mass is 268 g/mol. The fourth-order valence-electron chi connectivity index (χ4n) is 2.62. The molecule has 1 aromatic rings. The predicted molar refractivity (Wildman–Crippen MR) is 77.3 cm³/mol.